The molecular weight excluding hydrogens is 1460 g/mol. The topological polar surface area (TPSA) is 231 Å². The van der Waals surface area contributed by atoms with Crippen LogP contribution in [0.3, 0.4) is 0 Å². The van der Waals surface area contributed by atoms with E-state index in [0.29, 0.717) is 25.7 Å². The van der Waals surface area contributed by atoms with Gasteiger partial charge in [-0.2, -0.15) is 0 Å². The molecule has 113 heavy (non-hydrogen) atoms. The number of rotatable bonds is 81. The Morgan fingerprint density at radius 3 is 0.761 bits per heavy atom. The van der Waals surface area contributed by atoms with Crippen LogP contribution in [0.1, 0.15) is 329 Å². The summed E-state index contributed by atoms with van der Waals surface area (Å²) in [5, 5.41) is 20.7. The summed E-state index contributed by atoms with van der Waals surface area (Å²) in [5.74, 6) is -1.69. The van der Waals surface area contributed by atoms with Crippen LogP contribution in [0, 0.1) is 0 Å². The monoisotopic (exact) mass is 1620 g/mol. The largest absolute Gasteiger partial charge is 0.472 e. The number of ether oxygens (including phenoxy) is 3. The highest BCUT2D eigenvalue weighted by Crippen LogP contribution is 2.45. The molecule has 0 fully saturated rings. The maximum atomic E-state index is 13.0. The highest BCUT2D eigenvalue weighted by atomic mass is 31.2. The first kappa shape index (κ1) is 107. The highest BCUT2D eigenvalue weighted by Gasteiger charge is 2.29. The lowest BCUT2D eigenvalue weighted by Gasteiger charge is -2.21. The Balaban J connectivity index is 4.58. The van der Waals surface area contributed by atoms with Crippen LogP contribution in [0.2, 0.25) is 0 Å². The third kappa shape index (κ3) is 87.1. The van der Waals surface area contributed by atoms with Crippen LogP contribution in [0.25, 0.3) is 0 Å². The van der Waals surface area contributed by atoms with Gasteiger partial charge in [-0.3, -0.25) is 32.5 Å². The van der Waals surface area contributed by atoms with Crippen molar-refractivity contribution in [2.24, 2.45) is 0 Å². The molecule has 0 aliphatic heterocycles. The van der Waals surface area contributed by atoms with Gasteiger partial charge in [0.2, 0.25) is 0 Å². The number of carbonyl (C=O) groups excluding carboxylic acids is 3. The minimum absolute atomic E-state index is 0.0316. The molecule has 5 atom stereocenters. The van der Waals surface area contributed by atoms with Gasteiger partial charge in [0.05, 0.1) is 26.4 Å². The number of phosphoric acid groups is 2. The van der Waals surface area contributed by atoms with Gasteiger partial charge >= 0.3 is 33.6 Å². The number of unbranched alkanes of at least 4 members (excludes halogenated alkanes) is 26. The first-order valence-corrected chi connectivity index (χ1v) is 46.7. The fourth-order valence-corrected chi connectivity index (χ4v) is 12.8. The van der Waals surface area contributed by atoms with Gasteiger partial charge in [0.25, 0.3) is 0 Å². The summed E-state index contributed by atoms with van der Waals surface area (Å²) in [6.45, 7) is 2.32. The second-order valence-corrected chi connectivity index (χ2v) is 31.5. The first-order valence-electron chi connectivity index (χ1n) is 43.7. The molecular formula is C95H156O16P2. The van der Waals surface area contributed by atoms with Crippen molar-refractivity contribution in [3.63, 3.8) is 0 Å². The molecule has 0 spiro atoms. The van der Waals surface area contributed by atoms with Crippen LogP contribution >= 0.6 is 15.6 Å². The molecule has 0 rings (SSSR count). The predicted octanol–water partition coefficient (Wildman–Crippen LogP) is 26.7. The fourth-order valence-electron chi connectivity index (χ4n) is 11.2. The summed E-state index contributed by atoms with van der Waals surface area (Å²) in [6, 6.07) is 0. The zero-order chi connectivity index (χ0) is 82.2. The van der Waals surface area contributed by atoms with E-state index in [1.165, 1.54) is 128 Å². The Bertz CT molecular complexity index is 2830. The average molecular weight is 1620 g/mol. The van der Waals surface area contributed by atoms with Crippen LogP contribution < -0.4 is 0 Å². The second-order valence-electron chi connectivity index (χ2n) is 28.6. The minimum Gasteiger partial charge on any atom is -0.463 e. The SMILES string of the molecule is CC/C=C\C/C=C\C/C=C\C/C=C\C/C=C\C/C=C\CCCCC(=O)OCC(COP(=O)(O)OCC(O)COP(=O)(O)OCC(O)COC(=O)CCCCCCCCCCCCCCCCCCCCC/C=C\C/C=C\C/C=C\C/C=C\CCCCC)OC(=O)CCCC/C=C\C/C=C\C/C=C\C/C=C\C/C=C\C/C=C\CC. The van der Waals surface area contributed by atoms with Crippen molar-refractivity contribution < 1.29 is 75.8 Å². The Morgan fingerprint density at radius 1 is 0.257 bits per heavy atom. The standard InChI is InChI=1S/C95H156O16P2/c1-4-7-10-13-16-19-22-25-28-31-34-37-38-39-40-41-42-43-44-45-46-47-48-49-50-53-55-57-60-63-66-69-72-75-78-81-93(98)105-84-90(96)85-107-112(101,102)108-86-91(97)87-109-113(103,104)110-89-92(111-95(100)83-80-77-74-71-68-65-62-59-56-52-36-33-30-27-24-21-18-15-12-9-6-3)88-106-94(99)82-79-76-73-70-67-64-61-58-54-51-35-32-29-26-23-20-17-14-11-8-5-2/h8-9,11-12,16-21,25-30,34-37,39-40,51-52,58-59,61-62,67-68,70-71,90-92,96-97H,4-7,10,13-15,22-24,31-33,38,41-50,53-57,60,63-66,69,72-89H2,1-3H3,(H,101,102)(H,103,104)/b11-8-,12-9-,19-16-,20-17-,21-18-,28-25-,29-26-,30-27-,37-34-,40-39-,51-35-,52-36-,61-58-,62-59-,70-67-,71-68-. The van der Waals surface area contributed by atoms with Crippen LogP contribution in [0.15, 0.2) is 194 Å². The molecule has 18 heteroatoms. The van der Waals surface area contributed by atoms with Gasteiger partial charge in [0.1, 0.15) is 25.4 Å². The summed E-state index contributed by atoms with van der Waals surface area (Å²) in [7, 11) is -9.84. The molecule has 0 bridgehead atoms. The quantitative estimate of drug-likeness (QED) is 0.0146. The van der Waals surface area contributed by atoms with E-state index < -0.39 is 91.5 Å². The number of carbonyl (C=O) groups is 3. The zero-order valence-electron chi connectivity index (χ0n) is 70.5. The number of hydrogen-bond donors (Lipinski definition) is 4. The zero-order valence-corrected chi connectivity index (χ0v) is 72.3. The van der Waals surface area contributed by atoms with Crippen molar-refractivity contribution in [2.75, 3.05) is 39.6 Å². The van der Waals surface area contributed by atoms with E-state index in [-0.39, 0.29) is 19.3 Å². The highest BCUT2D eigenvalue weighted by molar-refractivity contribution is 7.47. The van der Waals surface area contributed by atoms with Crippen molar-refractivity contribution in [2.45, 2.75) is 347 Å². The smallest absolute Gasteiger partial charge is 0.463 e. The third-order valence-corrected chi connectivity index (χ3v) is 19.7. The normalized spacial score (nSPS) is 14.8. The molecule has 5 unspecified atom stereocenters. The van der Waals surface area contributed by atoms with Crippen molar-refractivity contribution in [1.82, 2.24) is 0 Å². The maximum absolute atomic E-state index is 13.0. The molecule has 4 N–H and O–H groups in total. The Kier molecular flexibility index (Phi) is 81.5. The Morgan fingerprint density at radius 2 is 0.469 bits per heavy atom. The van der Waals surface area contributed by atoms with Crippen LogP contribution in [0.5, 0.6) is 0 Å². The van der Waals surface area contributed by atoms with Crippen molar-refractivity contribution in [3.8, 4) is 0 Å². The van der Waals surface area contributed by atoms with Crippen molar-refractivity contribution >= 4 is 33.6 Å². The number of phosphoric ester groups is 2. The summed E-state index contributed by atoms with van der Waals surface area (Å²) in [6.07, 6.45) is 114. The molecule has 0 aliphatic carbocycles. The lowest BCUT2D eigenvalue weighted by Crippen LogP contribution is -2.30. The van der Waals surface area contributed by atoms with Crippen molar-refractivity contribution in [3.05, 3.63) is 194 Å². The number of allylic oxidation sites excluding steroid dienone is 32. The van der Waals surface area contributed by atoms with Gasteiger partial charge in [0, 0.05) is 19.3 Å². The van der Waals surface area contributed by atoms with Gasteiger partial charge in [-0.25, -0.2) is 9.13 Å². The third-order valence-electron chi connectivity index (χ3n) is 17.8. The lowest BCUT2D eigenvalue weighted by atomic mass is 10.0. The van der Waals surface area contributed by atoms with Gasteiger partial charge in [0.15, 0.2) is 6.10 Å². The summed E-state index contributed by atoms with van der Waals surface area (Å²) in [4.78, 5) is 58.8. The minimum atomic E-state index is -4.97. The number of aliphatic hydroxyl groups excluding tert-OH is 2. The molecule has 0 aromatic rings. The van der Waals surface area contributed by atoms with Gasteiger partial charge in [-0.05, 0) is 167 Å². The van der Waals surface area contributed by atoms with Crippen LogP contribution in [-0.4, -0.2) is 95.9 Å². The molecule has 642 valence electrons. The predicted molar refractivity (Wildman–Crippen MR) is 472 cm³/mol. The summed E-state index contributed by atoms with van der Waals surface area (Å²) >= 11 is 0. The lowest BCUT2D eigenvalue weighted by molar-refractivity contribution is -0.161. The molecule has 16 nitrogen and oxygen atoms in total. The first-order chi connectivity index (χ1) is 55.2. The molecule has 0 aromatic carbocycles. The van der Waals surface area contributed by atoms with E-state index >= 15 is 0 Å². The number of esters is 3. The molecule has 0 heterocycles. The summed E-state index contributed by atoms with van der Waals surface area (Å²) in [5.41, 5.74) is 0. The molecule has 0 amide bonds. The Hall–Kier alpha value is -5.61. The van der Waals surface area contributed by atoms with E-state index in [1.54, 1.807) is 0 Å². The second kappa shape index (κ2) is 85.8. The molecule has 0 aliphatic rings. The van der Waals surface area contributed by atoms with E-state index in [1.807, 2.05) is 0 Å². The molecule has 0 saturated carbocycles. The number of aliphatic hydroxyl groups is 2. The van der Waals surface area contributed by atoms with E-state index in [2.05, 4.69) is 215 Å². The van der Waals surface area contributed by atoms with Crippen molar-refractivity contribution in [1.29, 1.82) is 0 Å². The fraction of sp³-hybridized carbons (Fsp3) is 0.632. The van der Waals surface area contributed by atoms with Gasteiger partial charge in [-0.1, -0.05) is 337 Å². The van der Waals surface area contributed by atoms with Crippen LogP contribution in [-0.2, 0) is 55.8 Å². The van der Waals surface area contributed by atoms with Crippen LogP contribution in [0.4, 0.5) is 0 Å². The van der Waals surface area contributed by atoms with Gasteiger partial charge < -0.3 is 34.2 Å². The average Bonchev–Trinajstić information content (AvgIpc) is 0.902. The van der Waals surface area contributed by atoms with Gasteiger partial charge in [-0.15, -0.1) is 0 Å². The molecule has 0 saturated heterocycles. The Labute approximate surface area is 687 Å². The molecule has 0 aromatic heterocycles. The van der Waals surface area contributed by atoms with E-state index in [4.69, 9.17) is 32.3 Å². The number of hydrogen-bond acceptors (Lipinski definition) is 14. The van der Waals surface area contributed by atoms with E-state index in [0.717, 1.165) is 135 Å². The molecule has 0 radical (unpaired) electrons. The van der Waals surface area contributed by atoms with E-state index in [9.17, 15) is 43.5 Å². The summed E-state index contributed by atoms with van der Waals surface area (Å²) < 4.78 is 61.2. The maximum Gasteiger partial charge on any atom is 0.472 e.